The minimum atomic E-state index is -0.263. The van der Waals surface area contributed by atoms with E-state index in [1.807, 2.05) is 11.8 Å². The van der Waals surface area contributed by atoms with Crippen molar-refractivity contribution in [1.29, 1.82) is 0 Å². The Morgan fingerprint density at radius 3 is 2.55 bits per heavy atom. The summed E-state index contributed by atoms with van der Waals surface area (Å²) in [5.74, 6) is 2.98. The van der Waals surface area contributed by atoms with Gasteiger partial charge in [0.15, 0.2) is 11.0 Å². The number of primary amides is 1. The number of aromatic nitrogens is 3. The van der Waals surface area contributed by atoms with Gasteiger partial charge in [-0.05, 0) is 75.2 Å². The van der Waals surface area contributed by atoms with Crippen molar-refractivity contribution in [1.82, 2.24) is 19.7 Å². The third kappa shape index (κ3) is 4.46. The molecular formula is C24H33N5O2S2. The molecule has 1 aliphatic heterocycles. The van der Waals surface area contributed by atoms with Gasteiger partial charge in [0.1, 0.15) is 0 Å². The molecule has 2 aromatic rings. The standard InChI is InChI=1S/C24H33N5O2S2/c1-14(19-13-16-5-6-18(19)12-16)29-22(20-4-3-11-32-20)26-27-24(29)33-15(2)23(31)28-9-7-17(8-10-28)21(25)30/h3-4,11,14-19H,5-10,12-13H2,1-2H3,(H2,25,30). The molecule has 0 spiro atoms. The summed E-state index contributed by atoms with van der Waals surface area (Å²) in [6, 6.07) is 4.46. The van der Waals surface area contributed by atoms with Crippen LogP contribution in [-0.4, -0.2) is 49.8 Å². The molecule has 3 fully saturated rings. The summed E-state index contributed by atoms with van der Waals surface area (Å²) in [6.07, 6.45) is 6.68. The SMILES string of the molecule is CC(Sc1nnc(-c2cccs2)n1C(C)C1CC2CCC1C2)C(=O)N1CCC(C(N)=O)CC1. The number of carbonyl (C=O) groups excluding carboxylic acids is 2. The zero-order chi connectivity index (χ0) is 23.1. The maximum Gasteiger partial charge on any atom is 0.235 e. The number of piperidine rings is 1. The van der Waals surface area contributed by atoms with Gasteiger partial charge in [-0.1, -0.05) is 24.2 Å². The lowest BCUT2D eigenvalue weighted by Crippen LogP contribution is -2.44. The number of hydrogen-bond donors (Lipinski definition) is 1. The third-order valence-corrected chi connectivity index (χ3v) is 9.97. The highest BCUT2D eigenvalue weighted by atomic mass is 32.2. The monoisotopic (exact) mass is 487 g/mol. The van der Waals surface area contributed by atoms with E-state index in [1.165, 1.54) is 37.4 Å². The molecule has 2 aromatic heterocycles. The molecule has 9 heteroatoms. The van der Waals surface area contributed by atoms with Crippen molar-refractivity contribution in [3.05, 3.63) is 17.5 Å². The van der Waals surface area contributed by atoms with Gasteiger partial charge in [0, 0.05) is 25.0 Å². The number of carbonyl (C=O) groups is 2. The smallest absolute Gasteiger partial charge is 0.235 e. The molecule has 2 N–H and O–H groups in total. The maximum absolute atomic E-state index is 13.2. The average molecular weight is 488 g/mol. The normalized spacial score (nSPS) is 27.1. The first-order valence-corrected chi connectivity index (χ1v) is 13.9. The number of amides is 2. The molecule has 5 atom stereocenters. The van der Waals surface area contributed by atoms with Crippen LogP contribution in [0.15, 0.2) is 22.7 Å². The predicted molar refractivity (Wildman–Crippen MR) is 131 cm³/mol. The van der Waals surface area contributed by atoms with Crippen LogP contribution in [0, 0.1) is 23.7 Å². The molecule has 2 aliphatic carbocycles. The number of likely N-dealkylation sites (tertiary alicyclic amines) is 1. The molecule has 5 rings (SSSR count). The largest absolute Gasteiger partial charge is 0.369 e. The molecule has 178 valence electrons. The lowest BCUT2D eigenvalue weighted by atomic mass is 9.84. The van der Waals surface area contributed by atoms with Crippen LogP contribution >= 0.6 is 23.1 Å². The number of nitrogens with two attached hydrogens (primary N) is 1. The van der Waals surface area contributed by atoms with E-state index in [2.05, 4.69) is 39.2 Å². The van der Waals surface area contributed by atoms with Gasteiger partial charge >= 0.3 is 0 Å². The van der Waals surface area contributed by atoms with Gasteiger partial charge < -0.3 is 10.6 Å². The van der Waals surface area contributed by atoms with Crippen molar-refractivity contribution in [3.8, 4) is 10.7 Å². The third-order valence-electron chi connectivity index (χ3n) is 8.06. The highest BCUT2D eigenvalue weighted by Gasteiger charge is 2.43. The van der Waals surface area contributed by atoms with Crippen LogP contribution in [0.4, 0.5) is 0 Å². The van der Waals surface area contributed by atoms with Gasteiger partial charge in [0.25, 0.3) is 0 Å². The molecule has 2 bridgehead atoms. The molecule has 7 nitrogen and oxygen atoms in total. The lowest BCUT2D eigenvalue weighted by molar-refractivity contribution is -0.134. The molecule has 2 saturated carbocycles. The summed E-state index contributed by atoms with van der Waals surface area (Å²) in [4.78, 5) is 27.6. The van der Waals surface area contributed by atoms with E-state index in [0.29, 0.717) is 37.9 Å². The highest BCUT2D eigenvalue weighted by Crippen LogP contribution is 2.53. The van der Waals surface area contributed by atoms with Gasteiger partial charge in [-0.25, -0.2) is 0 Å². The summed E-state index contributed by atoms with van der Waals surface area (Å²) in [5, 5.41) is 11.8. The van der Waals surface area contributed by atoms with Crippen molar-refractivity contribution < 1.29 is 9.59 Å². The number of thioether (sulfide) groups is 1. The van der Waals surface area contributed by atoms with Gasteiger partial charge in [0.05, 0.1) is 10.1 Å². The first-order valence-electron chi connectivity index (χ1n) is 12.2. The summed E-state index contributed by atoms with van der Waals surface area (Å²) in [6.45, 7) is 5.45. The fourth-order valence-electron chi connectivity index (χ4n) is 6.22. The number of hydrogen-bond acceptors (Lipinski definition) is 6. The van der Waals surface area contributed by atoms with Crippen LogP contribution in [0.2, 0.25) is 0 Å². The second kappa shape index (κ2) is 9.41. The number of thiophene rings is 1. The van der Waals surface area contributed by atoms with Crippen LogP contribution in [-0.2, 0) is 9.59 Å². The number of rotatable bonds is 7. The van der Waals surface area contributed by atoms with Crippen LogP contribution in [0.25, 0.3) is 10.7 Å². The molecule has 3 heterocycles. The van der Waals surface area contributed by atoms with Crippen LogP contribution in [0.3, 0.4) is 0 Å². The molecule has 3 aliphatic rings. The predicted octanol–water partition coefficient (Wildman–Crippen LogP) is 4.21. The van der Waals surface area contributed by atoms with E-state index >= 15 is 0 Å². The molecule has 33 heavy (non-hydrogen) atoms. The van der Waals surface area contributed by atoms with Gasteiger partial charge in [-0.2, -0.15) is 0 Å². The zero-order valence-corrected chi connectivity index (χ0v) is 21.0. The highest BCUT2D eigenvalue weighted by molar-refractivity contribution is 8.00. The fraction of sp³-hybridized carbons (Fsp3) is 0.667. The Morgan fingerprint density at radius 1 is 1.15 bits per heavy atom. The molecule has 5 unspecified atom stereocenters. The number of fused-ring (bicyclic) bond motifs is 2. The molecule has 1 saturated heterocycles. The Bertz CT molecular complexity index is 999. The minimum absolute atomic E-state index is 0.0997. The quantitative estimate of drug-likeness (QED) is 0.591. The Morgan fingerprint density at radius 2 is 1.94 bits per heavy atom. The Balaban J connectivity index is 1.35. The molecular weight excluding hydrogens is 454 g/mol. The summed E-state index contributed by atoms with van der Waals surface area (Å²) < 4.78 is 2.31. The van der Waals surface area contributed by atoms with E-state index in [9.17, 15) is 9.59 Å². The van der Waals surface area contributed by atoms with E-state index in [1.54, 1.807) is 11.3 Å². The van der Waals surface area contributed by atoms with Crippen LogP contribution in [0.5, 0.6) is 0 Å². The Hall–Kier alpha value is -1.87. The summed E-state index contributed by atoms with van der Waals surface area (Å²) >= 11 is 3.20. The maximum atomic E-state index is 13.2. The number of nitrogens with zero attached hydrogens (tertiary/aromatic N) is 4. The average Bonchev–Trinajstić information content (AvgIpc) is 3.62. The first kappa shape index (κ1) is 22.9. The van der Waals surface area contributed by atoms with Crippen molar-refractivity contribution in [2.45, 2.75) is 68.8 Å². The lowest BCUT2D eigenvalue weighted by Gasteiger charge is -2.33. The summed E-state index contributed by atoms with van der Waals surface area (Å²) in [5.41, 5.74) is 5.45. The van der Waals surface area contributed by atoms with E-state index in [-0.39, 0.29) is 23.0 Å². The van der Waals surface area contributed by atoms with Crippen LogP contribution in [0.1, 0.15) is 58.4 Å². The fourth-order valence-corrected chi connectivity index (χ4v) is 7.95. The molecule has 0 radical (unpaired) electrons. The summed E-state index contributed by atoms with van der Waals surface area (Å²) in [7, 11) is 0. The van der Waals surface area contributed by atoms with Crippen molar-refractivity contribution >= 4 is 34.9 Å². The van der Waals surface area contributed by atoms with Gasteiger partial charge in [-0.3, -0.25) is 14.2 Å². The van der Waals surface area contributed by atoms with Gasteiger partial charge in [0.2, 0.25) is 11.8 Å². The second-order valence-corrected chi connectivity index (χ2v) is 12.3. The van der Waals surface area contributed by atoms with E-state index in [4.69, 9.17) is 5.73 Å². The van der Waals surface area contributed by atoms with Crippen LogP contribution < -0.4 is 5.73 Å². The first-order chi connectivity index (χ1) is 15.9. The Kier molecular flexibility index (Phi) is 6.53. The van der Waals surface area contributed by atoms with Crippen molar-refractivity contribution in [2.24, 2.45) is 29.4 Å². The van der Waals surface area contributed by atoms with Crippen molar-refractivity contribution in [3.63, 3.8) is 0 Å². The Labute approximate surface area is 203 Å². The second-order valence-electron chi connectivity index (χ2n) is 9.99. The zero-order valence-electron chi connectivity index (χ0n) is 19.4. The minimum Gasteiger partial charge on any atom is -0.369 e. The molecule has 2 amide bonds. The van der Waals surface area contributed by atoms with E-state index < -0.39 is 0 Å². The van der Waals surface area contributed by atoms with E-state index in [0.717, 1.165) is 27.7 Å². The molecule has 0 aromatic carbocycles. The topological polar surface area (TPSA) is 94.1 Å². The van der Waals surface area contributed by atoms with Crippen molar-refractivity contribution in [2.75, 3.05) is 13.1 Å². The van der Waals surface area contributed by atoms with Gasteiger partial charge in [-0.15, -0.1) is 21.5 Å².